The smallest absolute Gasteiger partial charge is 0.307 e. The van der Waals surface area contributed by atoms with Gasteiger partial charge in [-0.05, 0) is 33.6 Å². The molecule has 1 fully saturated rings. The molecule has 0 bridgehead atoms. The molecule has 3 heteroatoms. The van der Waals surface area contributed by atoms with E-state index in [0.29, 0.717) is 6.42 Å². The maximum Gasteiger partial charge on any atom is 0.307 e. The molecule has 0 spiro atoms. The summed E-state index contributed by atoms with van der Waals surface area (Å²) in [7, 11) is 0. The highest BCUT2D eigenvalue weighted by molar-refractivity contribution is 7.99. The van der Waals surface area contributed by atoms with Crippen LogP contribution in [-0.2, 0) is 9.53 Å². The van der Waals surface area contributed by atoms with E-state index in [1.807, 2.05) is 32.5 Å². The highest BCUT2D eigenvalue weighted by Gasteiger charge is 2.17. The topological polar surface area (TPSA) is 26.3 Å². The van der Waals surface area contributed by atoms with Crippen molar-refractivity contribution in [3.63, 3.8) is 0 Å². The average Bonchev–Trinajstić information content (AvgIpc) is 2.16. The summed E-state index contributed by atoms with van der Waals surface area (Å²) >= 11 is 1.95. The molecule has 0 saturated heterocycles. The zero-order valence-corrected chi connectivity index (χ0v) is 11.6. The lowest BCUT2D eigenvalue weighted by Crippen LogP contribution is -2.24. The molecule has 0 unspecified atom stereocenters. The van der Waals surface area contributed by atoms with Crippen molar-refractivity contribution in [3.05, 3.63) is 0 Å². The Morgan fingerprint density at radius 2 is 1.88 bits per heavy atom. The normalized spacial score (nSPS) is 18.4. The third-order valence-electron chi connectivity index (χ3n) is 2.63. The van der Waals surface area contributed by atoms with E-state index in [9.17, 15) is 4.79 Å². The summed E-state index contributed by atoms with van der Waals surface area (Å²) < 4.78 is 5.27. The van der Waals surface area contributed by atoms with Gasteiger partial charge < -0.3 is 4.74 Å². The predicted molar refractivity (Wildman–Crippen MR) is 69.8 cm³/mol. The fourth-order valence-electron chi connectivity index (χ4n) is 1.93. The van der Waals surface area contributed by atoms with Crippen LogP contribution in [0, 0.1) is 0 Å². The number of hydrogen-bond donors (Lipinski definition) is 0. The first-order valence-corrected chi connectivity index (χ1v) is 7.36. The fourth-order valence-corrected chi connectivity index (χ4v) is 3.22. The largest absolute Gasteiger partial charge is 0.460 e. The molecule has 0 aromatic carbocycles. The van der Waals surface area contributed by atoms with Crippen LogP contribution in [0.4, 0.5) is 0 Å². The average molecular weight is 244 g/mol. The number of esters is 1. The van der Waals surface area contributed by atoms with Gasteiger partial charge in [0, 0.05) is 11.0 Å². The molecule has 0 aliphatic heterocycles. The first kappa shape index (κ1) is 13.9. The summed E-state index contributed by atoms with van der Waals surface area (Å²) in [5.74, 6) is 0.857. The molecule has 1 aliphatic carbocycles. The molecular formula is C13H24O2S. The van der Waals surface area contributed by atoms with Gasteiger partial charge in [-0.15, -0.1) is 0 Å². The van der Waals surface area contributed by atoms with Crippen molar-refractivity contribution < 1.29 is 9.53 Å². The van der Waals surface area contributed by atoms with Gasteiger partial charge in [-0.3, -0.25) is 4.79 Å². The molecule has 1 rings (SSSR count). The van der Waals surface area contributed by atoms with Gasteiger partial charge in [-0.2, -0.15) is 11.8 Å². The van der Waals surface area contributed by atoms with Gasteiger partial charge in [-0.1, -0.05) is 19.3 Å². The zero-order chi connectivity index (χ0) is 12.0. The summed E-state index contributed by atoms with van der Waals surface area (Å²) in [6.07, 6.45) is 7.34. The lowest BCUT2D eigenvalue weighted by molar-refractivity contribution is -0.154. The Hall–Kier alpha value is -0.180. The van der Waals surface area contributed by atoms with Crippen molar-refractivity contribution in [2.75, 3.05) is 5.75 Å². The predicted octanol–water partition coefficient (Wildman–Crippen LogP) is 3.78. The maximum absolute atomic E-state index is 11.5. The molecule has 16 heavy (non-hydrogen) atoms. The fraction of sp³-hybridized carbons (Fsp3) is 0.923. The number of carbonyl (C=O) groups is 1. The Morgan fingerprint density at radius 1 is 1.25 bits per heavy atom. The lowest BCUT2D eigenvalue weighted by Gasteiger charge is -2.22. The Balaban J connectivity index is 2.08. The molecule has 1 saturated carbocycles. The number of carbonyl (C=O) groups excluding carboxylic acids is 1. The van der Waals surface area contributed by atoms with E-state index >= 15 is 0 Å². The van der Waals surface area contributed by atoms with E-state index in [4.69, 9.17) is 4.74 Å². The van der Waals surface area contributed by atoms with Crippen molar-refractivity contribution in [1.82, 2.24) is 0 Å². The van der Waals surface area contributed by atoms with E-state index in [2.05, 4.69) is 0 Å². The minimum atomic E-state index is -0.341. The molecule has 94 valence electrons. The highest BCUT2D eigenvalue weighted by atomic mass is 32.2. The Bertz CT molecular complexity index is 214. The molecule has 0 amide bonds. The van der Waals surface area contributed by atoms with Crippen LogP contribution in [0.15, 0.2) is 0 Å². The van der Waals surface area contributed by atoms with Crippen LogP contribution in [0.5, 0.6) is 0 Å². The molecule has 0 aromatic heterocycles. The van der Waals surface area contributed by atoms with E-state index in [1.54, 1.807) is 0 Å². The third-order valence-corrected chi connectivity index (χ3v) is 4.01. The second-order valence-electron chi connectivity index (χ2n) is 5.47. The van der Waals surface area contributed by atoms with E-state index < -0.39 is 0 Å². The van der Waals surface area contributed by atoms with E-state index in [-0.39, 0.29) is 11.6 Å². The second-order valence-corrected chi connectivity index (χ2v) is 6.88. The zero-order valence-electron chi connectivity index (χ0n) is 10.8. The van der Waals surface area contributed by atoms with Crippen LogP contribution in [0.3, 0.4) is 0 Å². The van der Waals surface area contributed by atoms with Crippen molar-refractivity contribution in [2.24, 2.45) is 0 Å². The standard InChI is InChI=1S/C13H24O2S/c1-13(2,3)15-12(14)9-10-16-11-7-5-4-6-8-11/h11H,4-10H2,1-3H3. The SMILES string of the molecule is CC(C)(C)OC(=O)CCSC1CCCCC1. The van der Waals surface area contributed by atoms with Gasteiger partial charge in [-0.25, -0.2) is 0 Å². The summed E-state index contributed by atoms with van der Waals surface area (Å²) in [6, 6.07) is 0. The van der Waals surface area contributed by atoms with Crippen molar-refractivity contribution in [3.8, 4) is 0 Å². The maximum atomic E-state index is 11.5. The van der Waals surface area contributed by atoms with Crippen LogP contribution in [0.25, 0.3) is 0 Å². The van der Waals surface area contributed by atoms with E-state index in [0.717, 1.165) is 11.0 Å². The quantitative estimate of drug-likeness (QED) is 0.704. The second kappa shape index (κ2) is 6.53. The molecule has 0 aromatic rings. The molecule has 0 atom stereocenters. The molecular weight excluding hydrogens is 220 g/mol. The van der Waals surface area contributed by atoms with Crippen LogP contribution in [-0.4, -0.2) is 22.6 Å². The van der Waals surface area contributed by atoms with Gasteiger partial charge in [0.1, 0.15) is 5.60 Å². The number of thioether (sulfide) groups is 1. The number of rotatable bonds is 4. The van der Waals surface area contributed by atoms with Crippen molar-refractivity contribution >= 4 is 17.7 Å². The van der Waals surface area contributed by atoms with Gasteiger partial charge in [0.2, 0.25) is 0 Å². The third kappa shape index (κ3) is 6.41. The Morgan fingerprint density at radius 3 is 2.44 bits per heavy atom. The highest BCUT2D eigenvalue weighted by Crippen LogP contribution is 2.28. The molecule has 1 aliphatic rings. The summed E-state index contributed by atoms with van der Waals surface area (Å²) in [5, 5.41) is 0.788. The molecule has 0 radical (unpaired) electrons. The summed E-state index contributed by atoms with van der Waals surface area (Å²) in [6.45, 7) is 5.75. The van der Waals surface area contributed by atoms with Gasteiger partial charge in [0.15, 0.2) is 0 Å². The first-order valence-electron chi connectivity index (χ1n) is 6.31. The van der Waals surface area contributed by atoms with Gasteiger partial charge >= 0.3 is 5.97 Å². The van der Waals surface area contributed by atoms with Gasteiger partial charge in [0.05, 0.1) is 6.42 Å². The first-order chi connectivity index (χ1) is 7.47. The summed E-state index contributed by atoms with van der Waals surface area (Å²) in [4.78, 5) is 11.5. The molecule has 0 heterocycles. The van der Waals surface area contributed by atoms with Crippen molar-refractivity contribution in [2.45, 2.75) is 70.1 Å². The minimum absolute atomic E-state index is 0.0594. The lowest BCUT2D eigenvalue weighted by atomic mass is 10.0. The Labute approximate surface area is 104 Å². The van der Waals surface area contributed by atoms with Crippen LogP contribution in [0.2, 0.25) is 0 Å². The van der Waals surface area contributed by atoms with E-state index in [1.165, 1.54) is 32.1 Å². The van der Waals surface area contributed by atoms with Gasteiger partial charge in [0.25, 0.3) is 0 Å². The number of ether oxygens (including phenoxy) is 1. The number of hydrogen-bond acceptors (Lipinski definition) is 3. The molecule has 0 N–H and O–H groups in total. The summed E-state index contributed by atoms with van der Waals surface area (Å²) in [5.41, 5.74) is -0.341. The van der Waals surface area contributed by atoms with Crippen molar-refractivity contribution in [1.29, 1.82) is 0 Å². The monoisotopic (exact) mass is 244 g/mol. The van der Waals surface area contributed by atoms with Crippen LogP contribution >= 0.6 is 11.8 Å². The van der Waals surface area contributed by atoms with Crippen LogP contribution in [0.1, 0.15) is 59.3 Å². The Kier molecular flexibility index (Phi) is 5.67. The van der Waals surface area contributed by atoms with Crippen LogP contribution < -0.4 is 0 Å². The molecule has 2 nitrogen and oxygen atoms in total. The minimum Gasteiger partial charge on any atom is -0.460 e.